The van der Waals surface area contributed by atoms with Crippen molar-refractivity contribution in [1.82, 2.24) is 0 Å². The molecule has 4 heteroatoms. The summed E-state index contributed by atoms with van der Waals surface area (Å²) in [5.41, 5.74) is 2.51. The standard InChI is InChI=1S/C16H8Cl2O2/c17-10-5-9(6-11(18)7-10)14-8-15(19)16(20)13-4-2-1-3-12(13)14/h1-8H. The van der Waals surface area contributed by atoms with Crippen LogP contribution < -0.4 is 0 Å². The number of rotatable bonds is 1. The number of carbonyl (C=O) groups is 2. The third-order valence-electron chi connectivity index (χ3n) is 3.13. The van der Waals surface area contributed by atoms with Crippen LogP contribution in [0, 0.1) is 0 Å². The first-order valence-electron chi connectivity index (χ1n) is 5.92. The predicted molar refractivity (Wildman–Crippen MR) is 79.3 cm³/mol. The normalized spacial score (nSPS) is 14.0. The number of hydrogen-bond donors (Lipinski definition) is 0. The molecule has 0 aliphatic heterocycles. The Balaban J connectivity index is 2.25. The van der Waals surface area contributed by atoms with E-state index >= 15 is 0 Å². The highest BCUT2D eigenvalue weighted by Gasteiger charge is 2.26. The molecule has 1 aliphatic rings. The van der Waals surface area contributed by atoms with E-state index in [0.717, 1.165) is 11.1 Å². The number of carbonyl (C=O) groups excluding carboxylic acids is 2. The van der Waals surface area contributed by atoms with Crippen LogP contribution in [-0.2, 0) is 4.79 Å². The second kappa shape index (κ2) is 4.89. The molecule has 0 fully saturated rings. The molecule has 0 radical (unpaired) electrons. The summed E-state index contributed by atoms with van der Waals surface area (Å²) in [5.74, 6) is -1.02. The van der Waals surface area contributed by atoms with E-state index in [1.165, 1.54) is 6.08 Å². The first kappa shape index (κ1) is 13.1. The van der Waals surface area contributed by atoms with Crippen LogP contribution in [0.1, 0.15) is 21.5 Å². The van der Waals surface area contributed by atoms with Gasteiger partial charge in [-0.15, -0.1) is 0 Å². The van der Waals surface area contributed by atoms with E-state index < -0.39 is 11.6 Å². The Kier molecular flexibility index (Phi) is 3.20. The van der Waals surface area contributed by atoms with Gasteiger partial charge in [0.15, 0.2) is 0 Å². The molecule has 2 aromatic carbocycles. The van der Waals surface area contributed by atoms with Crippen molar-refractivity contribution in [3.63, 3.8) is 0 Å². The average molecular weight is 303 g/mol. The van der Waals surface area contributed by atoms with E-state index in [4.69, 9.17) is 23.2 Å². The van der Waals surface area contributed by atoms with Gasteiger partial charge in [0.2, 0.25) is 11.6 Å². The van der Waals surface area contributed by atoms with E-state index in [1.807, 2.05) is 6.07 Å². The Morgan fingerprint density at radius 3 is 2.05 bits per heavy atom. The number of Topliss-reactive ketones (excluding diaryl/α,β-unsaturated/α-hetero) is 1. The SMILES string of the molecule is O=C1C=C(c2cc(Cl)cc(Cl)c2)c2ccccc2C1=O. The predicted octanol–water partition coefficient (Wildman–Crippen LogP) is 4.19. The Morgan fingerprint density at radius 2 is 1.40 bits per heavy atom. The van der Waals surface area contributed by atoms with Crippen molar-refractivity contribution < 1.29 is 9.59 Å². The van der Waals surface area contributed by atoms with Gasteiger partial charge >= 0.3 is 0 Å². The molecule has 0 aromatic heterocycles. The van der Waals surface area contributed by atoms with Gasteiger partial charge in [0.25, 0.3) is 0 Å². The van der Waals surface area contributed by atoms with E-state index in [1.54, 1.807) is 36.4 Å². The number of hydrogen-bond acceptors (Lipinski definition) is 2. The summed E-state index contributed by atoms with van der Waals surface area (Å²) in [6, 6.07) is 12.1. The van der Waals surface area contributed by atoms with Crippen molar-refractivity contribution in [1.29, 1.82) is 0 Å². The number of benzene rings is 2. The molecule has 98 valence electrons. The van der Waals surface area contributed by atoms with Crippen molar-refractivity contribution >= 4 is 40.3 Å². The van der Waals surface area contributed by atoms with E-state index in [0.29, 0.717) is 21.2 Å². The van der Waals surface area contributed by atoms with Crippen molar-refractivity contribution in [2.24, 2.45) is 0 Å². The zero-order valence-electron chi connectivity index (χ0n) is 10.2. The molecule has 0 N–H and O–H groups in total. The second-order valence-corrected chi connectivity index (χ2v) is 5.33. The largest absolute Gasteiger partial charge is 0.286 e. The van der Waals surface area contributed by atoms with Crippen LogP contribution >= 0.6 is 23.2 Å². The summed E-state index contributed by atoms with van der Waals surface area (Å²) in [6.45, 7) is 0. The molecule has 0 spiro atoms. The molecule has 0 bridgehead atoms. The van der Waals surface area contributed by atoms with Crippen LogP contribution in [0.4, 0.5) is 0 Å². The molecule has 0 atom stereocenters. The van der Waals surface area contributed by atoms with Crippen LogP contribution in [0.5, 0.6) is 0 Å². The third kappa shape index (κ3) is 2.17. The van der Waals surface area contributed by atoms with Crippen molar-refractivity contribution in [3.05, 3.63) is 75.3 Å². The zero-order chi connectivity index (χ0) is 14.3. The summed E-state index contributed by atoms with van der Waals surface area (Å²) in [5, 5.41) is 0.963. The fourth-order valence-corrected chi connectivity index (χ4v) is 2.80. The molecule has 0 amide bonds. The highest BCUT2D eigenvalue weighted by Crippen LogP contribution is 2.33. The molecule has 2 nitrogen and oxygen atoms in total. The topological polar surface area (TPSA) is 34.1 Å². The van der Waals surface area contributed by atoms with E-state index in [9.17, 15) is 9.59 Å². The van der Waals surface area contributed by atoms with Gasteiger partial charge in [0.1, 0.15) is 0 Å². The quantitative estimate of drug-likeness (QED) is 0.740. The Labute approximate surface area is 125 Å². The van der Waals surface area contributed by atoms with Gasteiger partial charge < -0.3 is 0 Å². The highest BCUT2D eigenvalue weighted by molar-refractivity contribution is 6.51. The first-order chi connectivity index (χ1) is 9.56. The molecular weight excluding hydrogens is 295 g/mol. The minimum atomic E-state index is -0.533. The smallest absolute Gasteiger partial charge is 0.233 e. The lowest BCUT2D eigenvalue weighted by Gasteiger charge is -2.16. The summed E-state index contributed by atoms with van der Waals surface area (Å²) >= 11 is 12.0. The van der Waals surface area contributed by atoms with Crippen LogP contribution in [0.25, 0.3) is 5.57 Å². The lowest BCUT2D eigenvalue weighted by atomic mass is 9.86. The van der Waals surface area contributed by atoms with Gasteiger partial charge in [-0.25, -0.2) is 0 Å². The van der Waals surface area contributed by atoms with Crippen LogP contribution in [0.3, 0.4) is 0 Å². The van der Waals surface area contributed by atoms with Gasteiger partial charge in [-0.3, -0.25) is 9.59 Å². The number of allylic oxidation sites excluding steroid dienone is 1. The Bertz CT molecular complexity index is 756. The van der Waals surface area contributed by atoms with Gasteiger partial charge in [-0.2, -0.15) is 0 Å². The molecule has 0 saturated carbocycles. The van der Waals surface area contributed by atoms with Crippen molar-refractivity contribution in [2.75, 3.05) is 0 Å². The minimum Gasteiger partial charge on any atom is -0.286 e. The van der Waals surface area contributed by atoms with Crippen LogP contribution in [0.15, 0.2) is 48.5 Å². The summed E-state index contributed by atoms with van der Waals surface area (Å²) < 4.78 is 0. The lowest BCUT2D eigenvalue weighted by molar-refractivity contribution is -0.111. The Morgan fingerprint density at radius 1 is 0.800 bits per heavy atom. The first-order valence-corrected chi connectivity index (χ1v) is 6.68. The Hall–Kier alpha value is -1.90. The van der Waals surface area contributed by atoms with E-state index in [2.05, 4.69) is 0 Å². The fourth-order valence-electron chi connectivity index (χ4n) is 2.27. The van der Waals surface area contributed by atoms with Gasteiger partial charge in [0.05, 0.1) is 0 Å². The molecule has 0 heterocycles. The second-order valence-electron chi connectivity index (χ2n) is 4.46. The summed E-state index contributed by atoms with van der Waals surface area (Å²) in [6.07, 6.45) is 1.34. The monoisotopic (exact) mass is 302 g/mol. The fraction of sp³-hybridized carbons (Fsp3) is 0. The minimum absolute atomic E-state index is 0.408. The molecule has 3 rings (SSSR count). The number of ketones is 2. The molecule has 2 aromatic rings. The van der Waals surface area contributed by atoms with Gasteiger partial charge in [0, 0.05) is 15.6 Å². The lowest BCUT2D eigenvalue weighted by Crippen LogP contribution is -2.18. The van der Waals surface area contributed by atoms with Crippen molar-refractivity contribution in [2.45, 2.75) is 0 Å². The molecule has 0 unspecified atom stereocenters. The summed E-state index contributed by atoms with van der Waals surface area (Å²) in [4.78, 5) is 23.7. The average Bonchev–Trinajstić information content (AvgIpc) is 2.42. The maximum atomic E-state index is 11.9. The maximum absolute atomic E-state index is 11.9. The molecule has 20 heavy (non-hydrogen) atoms. The van der Waals surface area contributed by atoms with Crippen molar-refractivity contribution in [3.8, 4) is 0 Å². The highest BCUT2D eigenvalue weighted by atomic mass is 35.5. The number of halogens is 2. The third-order valence-corrected chi connectivity index (χ3v) is 3.57. The van der Waals surface area contributed by atoms with E-state index in [-0.39, 0.29) is 0 Å². The van der Waals surface area contributed by atoms with Gasteiger partial charge in [-0.1, -0.05) is 47.5 Å². The maximum Gasteiger partial charge on any atom is 0.233 e. The zero-order valence-corrected chi connectivity index (χ0v) is 11.7. The van der Waals surface area contributed by atoms with Crippen LogP contribution in [-0.4, -0.2) is 11.6 Å². The number of fused-ring (bicyclic) bond motifs is 1. The molecule has 0 saturated heterocycles. The van der Waals surface area contributed by atoms with Crippen LogP contribution in [0.2, 0.25) is 10.0 Å². The molecular formula is C16H8Cl2O2. The summed E-state index contributed by atoms with van der Waals surface area (Å²) in [7, 11) is 0. The van der Waals surface area contributed by atoms with Gasteiger partial charge in [-0.05, 0) is 41.0 Å². The molecule has 1 aliphatic carbocycles.